The van der Waals surface area contributed by atoms with Crippen LogP contribution in [0.2, 0.25) is 5.02 Å². The first-order valence-electron chi connectivity index (χ1n) is 7.40. The Bertz CT molecular complexity index is 539. The average molecular weight is 329 g/mol. The Kier molecular flexibility index (Phi) is 5.29. The van der Waals surface area contributed by atoms with Crippen LogP contribution in [0.1, 0.15) is 39.2 Å². The fourth-order valence-electron chi connectivity index (χ4n) is 2.30. The summed E-state index contributed by atoms with van der Waals surface area (Å²) in [6, 6.07) is 5.05. The molecule has 0 bridgehead atoms. The van der Waals surface area contributed by atoms with Crippen molar-refractivity contribution in [1.82, 2.24) is 10.6 Å². The van der Waals surface area contributed by atoms with Crippen molar-refractivity contribution in [2.45, 2.75) is 57.8 Å². The second-order valence-electron chi connectivity index (χ2n) is 6.63. The third kappa shape index (κ3) is 5.14. The van der Waals surface area contributed by atoms with Crippen LogP contribution in [0.25, 0.3) is 0 Å². The number of benzene rings is 1. The second kappa shape index (κ2) is 6.84. The molecule has 1 fully saturated rings. The molecule has 0 aliphatic heterocycles. The predicted octanol–water partition coefficient (Wildman–Crippen LogP) is 3.62. The molecule has 0 spiro atoms. The SMILES string of the molecule is CC(C)(C)OC(=O)NC1CC(NCc2ccc(Cl)cc2F)C1. The van der Waals surface area contributed by atoms with Crippen molar-refractivity contribution in [3.8, 4) is 0 Å². The number of amides is 1. The lowest BCUT2D eigenvalue weighted by atomic mass is 9.86. The van der Waals surface area contributed by atoms with Crippen molar-refractivity contribution in [3.05, 3.63) is 34.6 Å². The van der Waals surface area contributed by atoms with Crippen LogP contribution >= 0.6 is 11.6 Å². The normalized spacial score (nSPS) is 21.1. The number of nitrogens with one attached hydrogen (secondary N) is 2. The topological polar surface area (TPSA) is 50.4 Å². The summed E-state index contributed by atoms with van der Waals surface area (Å²) in [6.07, 6.45) is 1.24. The lowest BCUT2D eigenvalue weighted by Gasteiger charge is -2.36. The molecule has 0 saturated heterocycles. The van der Waals surface area contributed by atoms with E-state index < -0.39 is 5.60 Å². The summed E-state index contributed by atoms with van der Waals surface area (Å²) in [5.41, 5.74) is 0.102. The molecule has 0 aromatic heterocycles. The van der Waals surface area contributed by atoms with Crippen molar-refractivity contribution in [2.24, 2.45) is 0 Å². The van der Waals surface area contributed by atoms with E-state index in [0.717, 1.165) is 12.8 Å². The number of carbonyl (C=O) groups is 1. The van der Waals surface area contributed by atoms with Gasteiger partial charge in [0.1, 0.15) is 11.4 Å². The van der Waals surface area contributed by atoms with Gasteiger partial charge in [0.2, 0.25) is 0 Å². The highest BCUT2D eigenvalue weighted by atomic mass is 35.5. The van der Waals surface area contributed by atoms with Gasteiger partial charge >= 0.3 is 6.09 Å². The molecule has 4 nitrogen and oxygen atoms in total. The molecule has 1 amide bonds. The van der Waals surface area contributed by atoms with Gasteiger partial charge in [0, 0.05) is 29.2 Å². The lowest BCUT2D eigenvalue weighted by Crippen LogP contribution is -2.53. The molecule has 0 heterocycles. The molecule has 0 atom stereocenters. The zero-order valence-electron chi connectivity index (χ0n) is 13.1. The van der Waals surface area contributed by atoms with Crippen LogP contribution in [0.15, 0.2) is 18.2 Å². The van der Waals surface area contributed by atoms with Crippen LogP contribution in [0, 0.1) is 5.82 Å². The maximum absolute atomic E-state index is 13.6. The molecule has 2 rings (SSSR count). The van der Waals surface area contributed by atoms with Gasteiger partial charge in [-0.3, -0.25) is 0 Å². The molecular formula is C16H22ClFN2O2. The van der Waals surface area contributed by atoms with E-state index in [1.54, 1.807) is 12.1 Å². The fourth-order valence-corrected chi connectivity index (χ4v) is 2.45. The Labute approximate surface area is 135 Å². The number of hydrogen-bond acceptors (Lipinski definition) is 3. The van der Waals surface area contributed by atoms with Crippen molar-refractivity contribution in [2.75, 3.05) is 0 Å². The molecule has 1 aliphatic rings. The van der Waals surface area contributed by atoms with Crippen molar-refractivity contribution < 1.29 is 13.9 Å². The number of hydrogen-bond donors (Lipinski definition) is 2. The molecule has 2 N–H and O–H groups in total. The Morgan fingerprint density at radius 2 is 2.05 bits per heavy atom. The zero-order valence-corrected chi connectivity index (χ0v) is 13.8. The largest absolute Gasteiger partial charge is 0.444 e. The van der Waals surface area contributed by atoms with E-state index in [-0.39, 0.29) is 24.0 Å². The first-order chi connectivity index (χ1) is 10.2. The molecule has 1 aromatic rings. The highest BCUT2D eigenvalue weighted by Crippen LogP contribution is 2.22. The van der Waals surface area contributed by atoms with Crippen LogP contribution in [-0.2, 0) is 11.3 Å². The molecule has 1 aliphatic carbocycles. The number of halogens is 2. The monoisotopic (exact) mass is 328 g/mol. The quantitative estimate of drug-likeness (QED) is 0.887. The minimum atomic E-state index is -0.489. The number of alkyl carbamates (subject to hydrolysis) is 1. The highest BCUT2D eigenvalue weighted by Gasteiger charge is 2.31. The van der Waals surface area contributed by atoms with E-state index in [0.29, 0.717) is 17.1 Å². The summed E-state index contributed by atoms with van der Waals surface area (Å²) in [5.74, 6) is -0.303. The third-order valence-electron chi connectivity index (χ3n) is 3.46. The van der Waals surface area contributed by atoms with Gasteiger partial charge in [-0.25, -0.2) is 9.18 Å². The van der Waals surface area contributed by atoms with Crippen LogP contribution in [0.4, 0.5) is 9.18 Å². The van der Waals surface area contributed by atoms with Gasteiger partial charge in [0.25, 0.3) is 0 Å². The van der Waals surface area contributed by atoms with Crippen molar-refractivity contribution in [1.29, 1.82) is 0 Å². The Hall–Kier alpha value is -1.33. The van der Waals surface area contributed by atoms with Gasteiger partial charge in [-0.05, 0) is 45.7 Å². The van der Waals surface area contributed by atoms with Crippen molar-refractivity contribution >= 4 is 17.7 Å². The molecular weight excluding hydrogens is 307 g/mol. The van der Waals surface area contributed by atoms with E-state index >= 15 is 0 Å². The second-order valence-corrected chi connectivity index (χ2v) is 7.06. The average Bonchev–Trinajstić information content (AvgIpc) is 2.31. The van der Waals surface area contributed by atoms with Crippen LogP contribution in [0.3, 0.4) is 0 Å². The van der Waals surface area contributed by atoms with Gasteiger partial charge in [-0.1, -0.05) is 17.7 Å². The van der Waals surface area contributed by atoms with Crippen LogP contribution in [0.5, 0.6) is 0 Å². The first-order valence-corrected chi connectivity index (χ1v) is 7.77. The molecule has 0 radical (unpaired) electrons. The van der Waals surface area contributed by atoms with Gasteiger partial charge in [-0.2, -0.15) is 0 Å². The van der Waals surface area contributed by atoms with Crippen LogP contribution in [-0.4, -0.2) is 23.8 Å². The van der Waals surface area contributed by atoms with Gasteiger partial charge < -0.3 is 15.4 Å². The molecule has 122 valence electrons. The summed E-state index contributed by atoms with van der Waals surface area (Å²) in [5, 5.41) is 6.49. The lowest BCUT2D eigenvalue weighted by molar-refractivity contribution is 0.0465. The summed E-state index contributed by atoms with van der Waals surface area (Å²) in [7, 11) is 0. The van der Waals surface area contributed by atoms with E-state index in [1.165, 1.54) is 6.07 Å². The number of ether oxygens (including phenoxy) is 1. The van der Waals surface area contributed by atoms with Gasteiger partial charge in [0.05, 0.1) is 0 Å². The predicted molar refractivity (Wildman–Crippen MR) is 84.4 cm³/mol. The zero-order chi connectivity index (χ0) is 16.3. The summed E-state index contributed by atoms with van der Waals surface area (Å²) < 4.78 is 18.8. The summed E-state index contributed by atoms with van der Waals surface area (Å²) in [4.78, 5) is 11.6. The molecule has 1 aromatic carbocycles. The molecule has 1 saturated carbocycles. The van der Waals surface area contributed by atoms with E-state index in [1.807, 2.05) is 20.8 Å². The summed E-state index contributed by atoms with van der Waals surface area (Å²) >= 11 is 5.72. The Morgan fingerprint density at radius 3 is 2.64 bits per heavy atom. The molecule has 22 heavy (non-hydrogen) atoms. The van der Waals surface area contributed by atoms with Crippen LogP contribution < -0.4 is 10.6 Å². The minimum absolute atomic E-state index is 0.113. The smallest absolute Gasteiger partial charge is 0.407 e. The standard InChI is InChI=1S/C16H22ClFN2O2/c1-16(2,3)22-15(21)20-13-7-12(8-13)19-9-10-4-5-11(17)6-14(10)18/h4-6,12-13,19H,7-9H2,1-3H3,(H,20,21). The maximum atomic E-state index is 13.6. The highest BCUT2D eigenvalue weighted by molar-refractivity contribution is 6.30. The number of rotatable bonds is 4. The van der Waals surface area contributed by atoms with E-state index in [2.05, 4.69) is 10.6 Å². The molecule has 6 heteroatoms. The van der Waals surface area contributed by atoms with Crippen molar-refractivity contribution in [3.63, 3.8) is 0 Å². The van der Waals surface area contributed by atoms with Gasteiger partial charge in [-0.15, -0.1) is 0 Å². The summed E-state index contributed by atoms with van der Waals surface area (Å²) in [6.45, 7) is 5.95. The minimum Gasteiger partial charge on any atom is -0.444 e. The fraction of sp³-hybridized carbons (Fsp3) is 0.562. The Morgan fingerprint density at radius 1 is 1.36 bits per heavy atom. The third-order valence-corrected chi connectivity index (χ3v) is 3.69. The number of carbonyl (C=O) groups excluding carboxylic acids is 1. The van der Waals surface area contributed by atoms with E-state index in [4.69, 9.17) is 16.3 Å². The van der Waals surface area contributed by atoms with Gasteiger partial charge in [0.15, 0.2) is 0 Å². The first kappa shape index (κ1) is 17.0. The molecule has 0 unspecified atom stereocenters. The Balaban J connectivity index is 1.68. The maximum Gasteiger partial charge on any atom is 0.407 e. The van der Waals surface area contributed by atoms with E-state index in [9.17, 15) is 9.18 Å².